The van der Waals surface area contributed by atoms with Crippen LogP contribution in [0.4, 0.5) is 5.69 Å². The summed E-state index contributed by atoms with van der Waals surface area (Å²) in [5.41, 5.74) is 1.37. The number of ether oxygens (including phenoxy) is 1. The van der Waals surface area contributed by atoms with E-state index in [1.54, 1.807) is 55.5 Å². The Morgan fingerprint density at radius 2 is 1.62 bits per heavy atom. The van der Waals surface area contributed by atoms with Crippen molar-refractivity contribution in [3.8, 4) is 5.75 Å². The van der Waals surface area contributed by atoms with E-state index in [2.05, 4.69) is 4.99 Å². The van der Waals surface area contributed by atoms with Gasteiger partial charge in [-0.1, -0.05) is 0 Å². The zero-order valence-electron chi connectivity index (χ0n) is 12.9. The van der Waals surface area contributed by atoms with Crippen LogP contribution < -0.4 is 4.74 Å². The summed E-state index contributed by atoms with van der Waals surface area (Å²) in [6.07, 6.45) is 1.44. The summed E-state index contributed by atoms with van der Waals surface area (Å²) in [7, 11) is 0. The molecule has 0 aliphatic heterocycles. The van der Waals surface area contributed by atoms with Gasteiger partial charge in [-0.25, -0.2) is 4.79 Å². The van der Waals surface area contributed by atoms with Gasteiger partial charge in [-0.15, -0.1) is 0 Å². The Hall–Kier alpha value is -3.24. The van der Waals surface area contributed by atoms with Crippen molar-refractivity contribution in [2.75, 3.05) is 6.61 Å². The predicted octanol–water partition coefficient (Wildman–Crippen LogP) is 2.98. The highest BCUT2D eigenvalue weighted by atomic mass is 16.5. The lowest BCUT2D eigenvalue weighted by molar-refractivity contribution is -0.142. The second-order valence-corrected chi connectivity index (χ2v) is 5.15. The monoisotopic (exact) mass is 325 g/mol. The molecule has 0 aromatic heterocycles. The fourth-order valence-electron chi connectivity index (χ4n) is 1.90. The van der Waals surface area contributed by atoms with E-state index in [4.69, 9.17) is 9.84 Å². The summed E-state index contributed by atoms with van der Waals surface area (Å²) in [5, 5.41) is 8.80. The number of hydrogen-bond donors (Lipinski definition) is 1. The van der Waals surface area contributed by atoms with Crippen LogP contribution >= 0.6 is 0 Å². The zero-order valence-corrected chi connectivity index (χ0v) is 12.9. The van der Waals surface area contributed by atoms with Gasteiger partial charge in [0.25, 0.3) is 0 Å². The van der Waals surface area contributed by atoms with Crippen molar-refractivity contribution in [3.63, 3.8) is 0 Å². The number of rotatable bonds is 7. The van der Waals surface area contributed by atoms with E-state index in [0.29, 0.717) is 22.6 Å². The molecule has 0 amide bonds. The summed E-state index contributed by atoms with van der Waals surface area (Å²) < 4.78 is 5.37. The minimum absolute atomic E-state index is 0.0569. The molecule has 0 aliphatic carbocycles. The highest BCUT2D eigenvalue weighted by Gasteiger charge is 2.12. The molecule has 2 aromatic carbocycles. The lowest BCUT2D eigenvalue weighted by Gasteiger charge is -2.09. The summed E-state index contributed by atoms with van der Waals surface area (Å²) in [6, 6.07) is 12.7. The smallest absolute Gasteiger partial charge is 0.309 e. The number of benzene rings is 2. The molecule has 0 radical (unpaired) electrons. The lowest BCUT2D eigenvalue weighted by Crippen LogP contribution is -2.17. The predicted molar refractivity (Wildman–Crippen MR) is 86.4 cm³/mol. The Labute approximate surface area is 138 Å². The zero-order chi connectivity index (χ0) is 17.5. The first-order valence-electron chi connectivity index (χ1n) is 7.19. The van der Waals surface area contributed by atoms with Crippen LogP contribution in [0.5, 0.6) is 5.75 Å². The van der Waals surface area contributed by atoms with Crippen molar-refractivity contribution in [3.05, 3.63) is 59.7 Å². The number of isocyanates is 1. The first kappa shape index (κ1) is 17.1. The molecule has 2 aromatic rings. The third-order valence-corrected chi connectivity index (χ3v) is 3.34. The van der Waals surface area contributed by atoms with E-state index in [1.807, 2.05) is 0 Å². The van der Waals surface area contributed by atoms with Crippen LogP contribution in [0.15, 0.2) is 53.5 Å². The van der Waals surface area contributed by atoms with Gasteiger partial charge in [0.15, 0.2) is 5.78 Å². The summed E-state index contributed by atoms with van der Waals surface area (Å²) >= 11 is 0. The minimum Gasteiger partial charge on any atom is -0.493 e. The molecular weight excluding hydrogens is 310 g/mol. The SMILES string of the molecule is CC(COc1ccc(C(=O)c2ccc(N=C=O)cc2)cc1)C(=O)O. The second kappa shape index (κ2) is 7.85. The van der Waals surface area contributed by atoms with Gasteiger partial charge in [-0.3, -0.25) is 9.59 Å². The van der Waals surface area contributed by atoms with Crippen LogP contribution in [0.25, 0.3) is 0 Å². The number of aliphatic carboxylic acids is 1. The summed E-state index contributed by atoms with van der Waals surface area (Å²) in [6.45, 7) is 1.61. The molecule has 0 aliphatic rings. The number of aliphatic imine (C=N–C) groups is 1. The van der Waals surface area contributed by atoms with Gasteiger partial charge in [0, 0.05) is 11.1 Å². The van der Waals surface area contributed by atoms with Gasteiger partial charge < -0.3 is 9.84 Å². The lowest BCUT2D eigenvalue weighted by atomic mass is 10.0. The van der Waals surface area contributed by atoms with Gasteiger partial charge in [0.2, 0.25) is 6.08 Å². The molecule has 2 rings (SSSR count). The normalized spacial score (nSPS) is 11.2. The third-order valence-electron chi connectivity index (χ3n) is 3.34. The second-order valence-electron chi connectivity index (χ2n) is 5.15. The molecule has 0 bridgehead atoms. The molecule has 1 atom stereocenters. The number of nitrogens with zero attached hydrogens (tertiary/aromatic N) is 1. The first-order valence-corrected chi connectivity index (χ1v) is 7.19. The van der Waals surface area contributed by atoms with Crippen LogP contribution in [0.2, 0.25) is 0 Å². The van der Waals surface area contributed by atoms with Crippen molar-refractivity contribution >= 4 is 23.5 Å². The first-order chi connectivity index (χ1) is 11.5. The van der Waals surface area contributed by atoms with E-state index in [1.165, 1.54) is 6.08 Å². The average Bonchev–Trinajstić information content (AvgIpc) is 2.60. The van der Waals surface area contributed by atoms with Gasteiger partial charge in [-0.05, 0) is 55.5 Å². The quantitative estimate of drug-likeness (QED) is 0.480. The number of carbonyl (C=O) groups excluding carboxylic acids is 2. The Kier molecular flexibility index (Phi) is 5.60. The highest BCUT2D eigenvalue weighted by molar-refractivity contribution is 6.09. The average molecular weight is 325 g/mol. The van der Waals surface area contributed by atoms with Gasteiger partial charge in [0.1, 0.15) is 12.4 Å². The van der Waals surface area contributed by atoms with E-state index in [-0.39, 0.29) is 12.4 Å². The largest absolute Gasteiger partial charge is 0.493 e. The van der Waals surface area contributed by atoms with Crippen LogP contribution in [-0.4, -0.2) is 29.5 Å². The fraction of sp³-hybridized carbons (Fsp3) is 0.167. The van der Waals surface area contributed by atoms with Crippen molar-refractivity contribution < 1.29 is 24.2 Å². The Balaban J connectivity index is 2.05. The standard InChI is InChI=1S/C18H15NO5/c1-12(18(22)23)10-24-16-8-4-14(5-9-16)17(21)13-2-6-15(7-3-13)19-11-20/h2-9,12H,10H2,1H3,(H,22,23). The molecular formula is C18H15NO5. The summed E-state index contributed by atoms with van der Waals surface area (Å²) in [4.78, 5) is 36.7. The Morgan fingerprint density at radius 1 is 1.08 bits per heavy atom. The Bertz CT molecular complexity index is 774. The number of carbonyl (C=O) groups is 2. The number of ketones is 1. The van der Waals surface area contributed by atoms with Crippen molar-refractivity contribution in [2.45, 2.75) is 6.92 Å². The van der Waals surface area contributed by atoms with Gasteiger partial charge in [-0.2, -0.15) is 4.99 Å². The van der Waals surface area contributed by atoms with Gasteiger partial charge in [0.05, 0.1) is 11.6 Å². The van der Waals surface area contributed by atoms with E-state index in [0.717, 1.165) is 0 Å². The van der Waals surface area contributed by atoms with E-state index < -0.39 is 11.9 Å². The van der Waals surface area contributed by atoms with E-state index in [9.17, 15) is 14.4 Å². The maximum absolute atomic E-state index is 12.4. The molecule has 0 spiro atoms. The Morgan fingerprint density at radius 3 is 2.12 bits per heavy atom. The molecule has 0 fully saturated rings. The molecule has 24 heavy (non-hydrogen) atoms. The molecule has 122 valence electrons. The van der Waals surface area contributed by atoms with Crippen LogP contribution in [-0.2, 0) is 9.59 Å². The summed E-state index contributed by atoms with van der Waals surface area (Å²) in [5.74, 6) is -1.22. The fourth-order valence-corrected chi connectivity index (χ4v) is 1.90. The topological polar surface area (TPSA) is 93.0 Å². The van der Waals surface area contributed by atoms with E-state index >= 15 is 0 Å². The molecule has 0 saturated carbocycles. The molecule has 0 saturated heterocycles. The maximum Gasteiger partial charge on any atom is 0.309 e. The number of hydrogen-bond acceptors (Lipinski definition) is 5. The third kappa shape index (κ3) is 4.38. The molecule has 6 heteroatoms. The van der Waals surface area contributed by atoms with Crippen LogP contribution in [0, 0.1) is 5.92 Å². The van der Waals surface area contributed by atoms with Crippen molar-refractivity contribution in [2.24, 2.45) is 10.9 Å². The van der Waals surface area contributed by atoms with Crippen molar-refractivity contribution in [1.82, 2.24) is 0 Å². The van der Waals surface area contributed by atoms with Gasteiger partial charge >= 0.3 is 5.97 Å². The molecule has 1 unspecified atom stereocenters. The number of carboxylic acid groups (broad SMARTS) is 1. The van der Waals surface area contributed by atoms with Crippen LogP contribution in [0.3, 0.4) is 0 Å². The molecule has 1 N–H and O–H groups in total. The molecule has 6 nitrogen and oxygen atoms in total. The highest BCUT2D eigenvalue weighted by Crippen LogP contribution is 2.18. The minimum atomic E-state index is -0.927. The molecule has 0 heterocycles. The maximum atomic E-state index is 12.4. The van der Waals surface area contributed by atoms with Crippen molar-refractivity contribution in [1.29, 1.82) is 0 Å². The van der Waals surface area contributed by atoms with Crippen LogP contribution in [0.1, 0.15) is 22.8 Å². The number of carboxylic acids is 1.